The van der Waals surface area contributed by atoms with Crippen molar-refractivity contribution in [3.63, 3.8) is 0 Å². The van der Waals surface area contributed by atoms with E-state index in [1.54, 1.807) is 4.90 Å². The Kier molecular flexibility index (Phi) is 6.52. The van der Waals surface area contributed by atoms with Crippen LogP contribution in [0.4, 0.5) is 13.2 Å². The van der Waals surface area contributed by atoms with Gasteiger partial charge in [-0.1, -0.05) is 0 Å². The van der Waals surface area contributed by atoms with E-state index in [1.165, 1.54) is 12.1 Å². The molecule has 9 heteroatoms. The molecule has 3 aliphatic heterocycles. The topological polar surface area (TPSA) is 59.1 Å². The minimum Gasteiger partial charge on any atom is -0.348 e. The van der Waals surface area contributed by atoms with Crippen LogP contribution < -0.4 is 0 Å². The van der Waals surface area contributed by atoms with Crippen LogP contribution in [0.15, 0.2) is 24.3 Å². The maximum absolute atomic E-state index is 13.2. The van der Waals surface area contributed by atoms with Gasteiger partial charge in [0.1, 0.15) is 0 Å². The van der Waals surface area contributed by atoms with Crippen LogP contribution in [0, 0.1) is 5.92 Å². The summed E-state index contributed by atoms with van der Waals surface area (Å²) in [5, 5.41) is 0. The van der Waals surface area contributed by atoms with E-state index < -0.39 is 11.7 Å². The lowest BCUT2D eigenvalue weighted by Gasteiger charge is -2.41. The summed E-state index contributed by atoms with van der Waals surface area (Å²) >= 11 is 0. The summed E-state index contributed by atoms with van der Waals surface area (Å²) in [5.41, 5.74) is -0.552. The first-order valence-electron chi connectivity index (χ1n) is 10.8. The zero-order valence-electron chi connectivity index (χ0n) is 17.3. The molecule has 3 aliphatic rings. The van der Waals surface area contributed by atoms with Gasteiger partial charge in [0, 0.05) is 31.1 Å². The maximum atomic E-state index is 13.2. The second-order valence-corrected chi connectivity index (χ2v) is 8.35. The van der Waals surface area contributed by atoms with E-state index in [4.69, 9.17) is 9.47 Å². The van der Waals surface area contributed by atoms with Crippen molar-refractivity contribution in [1.29, 1.82) is 0 Å². The van der Waals surface area contributed by atoms with Crippen LogP contribution in [-0.4, -0.2) is 66.8 Å². The first-order chi connectivity index (χ1) is 14.8. The number of carbonyl (C=O) groups is 2. The molecule has 1 aromatic rings. The highest BCUT2D eigenvalue weighted by molar-refractivity contribution is 5.94. The van der Waals surface area contributed by atoms with E-state index in [-0.39, 0.29) is 35.6 Å². The Balaban J connectivity index is 1.34. The Morgan fingerprint density at radius 3 is 2.16 bits per heavy atom. The number of nitrogens with zero attached hydrogens (tertiary/aromatic N) is 2. The second kappa shape index (κ2) is 9.16. The second-order valence-electron chi connectivity index (χ2n) is 8.35. The fraction of sp³-hybridized carbons (Fsp3) is 0.636. The Hall–Kier alpha value is -2.13. The zero-order valence-corrected chi connectivity index (χ0v) is 17.3. The minimum absolute atomic E-state index is 0.0597. The molecule has 0 radical (unpaired) electrons. The number of carbonyl (C=O) groups excluding carboxylic acids is 2. The maximum Gasteiger partial charge on any atom is 0.416 e. The molecule has 0 spiro atoms. The molecule has 1 atom stereocenters. The van der Waals surface area contributed by atoms with Crippen LogP contribution in [0.1, 0.15) is 48.0 Å². The van der Waals surface area contributed by atoms with Gasteiger partial charge >= 0.3 is 6.18 Å². The van der Waals surface area contributed by atoms with Crippen LogP contribution in [-0.2, 0) is 20.4 Å². The van der Waals surface area contributed by atoms with Gasteiger partial charge in [0.15, 0.2) is 6.29 Å². The molecule has 0 aliphatic carbocycles. The number of halogens is 3. The normalized spacial score (nSPS) is 23.9. The van der Waals surface area contributed by atoms with Crippen molar-refractivity contribution in [3.05, 3.63) is 35.4 Å². The lowest BCUT2D eigenvalue weighted by atomic mass is 9.92. The molecule has 0 aromatic heterocycles. The largest absolute Gasteiger partial charge is 0.416 e. The molecule has 2 amide bonds. The van der Waals surface area contributed by atoms with Gasteiger partial charge in [-0.2, -0.15) is 13.2 Å². The first-order valence-corrected chi connectivity index (χ1v) is 10.8. The number of ether oxygens (including phenoxy) is 2. The van der Waals surface area contributed by atoms with Crippen molar-refractivity contribution in [3.8, 4) is 0 Å². The molecular formula is C22H27F3N2O4. The van der Waals surface area contributed by atoms with E-state index in [0.29, 0.717) is 45.7 Å². The highest BCUT2D eigenvalue weighted by Gasteiger charge is 2.39. The molecule has 3 saturated heterocycles. The molecule has 1 unspecified atom stereocenters. The van der Waals surface area contributed by atoms with Crippen LogP contribution in [0.2, 0.25) is 0 Å². The van der Waals surface area contributed by atoms with Crippen LogP contribution in [0.3, 0.4) is 0 Å². The lowest BCUT2D eigenvalue weighted by Crippen LogP contribution is -2.53. The van der Waals surface area contributed by atoms with E-state index in [1.807, 2.05) is 4.90 Å². The molecule has 4 rings (SSSR count). The first kappa shape index (κ1) is 22.1. The summed E-state index contributed by atoms with van der Waals surface area (Å²) in [6.07, 6.45) is -0.840. The summed E-state index contributed by atoms with van der Waals surface area (Å²) < 4.78 is 49.5. The molecule has 31 heavy (non-hydrogen) atoms. The SMILES string of the molecule is O=C(c1ccc(C(F)(F)F)cc1)N1CCC(C(=O)N2CCCCC2C2OCCO2)CC1. The fourth-order valence-electron chi connectivity index (χ4n) is 4.66. The number of hydrogen-bond acceptors (Lipinski definition) is 4. The Morgan fingerprint density at radius 2 is 1.55 bits per heavy atom. The highest BCUT2D eigenvalue weighted by atomic mass is 19.4. The highest BCUT2D eigenvalue weighted by Crippen LogP contribution is 2.31. The van der Waals surface area contributed by atoms with E-state index >= 15 is 0 Å². The van der Waals surface area contributed by atoms with Gasteiger partial charge in [0.25, 0.3) is 5.91 Å². The molecular weight excluding hydrogens is 413 g/mol. The Labute approximate surface area is 179 Å². The number of amides is 2. The summed E-state index contributed by atoms with van der Waals surface area (Å²) in [7, 11) is 0. The number of rotatable bonds is 3. The zero-order chi connectivity index (χ0) is 22.0. The number of piperidine rings is 2. The molecule has 0 N–H and O–H groups in total. The standard InChI is InChI=1S/C22H27F3N2O4/c23-22(24,25)17-6-4-15(5-7-17)19(28)26-11-8-16(9-12-26)20(29)27-10-2-1-3-18(27)21-30-13-14-31-21/h4-7,16,18,21H,1-3,8-14H2. The van der Waals surface area contributed by atoms with Gasteiger partial charge < -0.3 is 19.3 Å². The molecule has 3 fully saturated rings. The quantitative estimate of drug-likeness (QED) is 0.724. The van der Waals surface area contributed by atoms with E-state index in [2.05, 4.69) is 0 Å². The summed E-state index contributed by atoms with van der Waals surface area (Å²) in [5.74, 6) is -0.382. The molecule has 0 bridgehead atoms. The van der Waals surface area contributed by atoms with Crippen molar-refractivity contribution in [2.24, 2.45) is 5.92 Å². The molecule has 1 aromatic carbocycles. The van der Waals surface area contributed by atoms with Crippen LogP contribution in [0.5, 0.6) is 0 Å². The average Bonchev–Trinajstić information content (AvgIpc) is 3.33. The number of benzene rings is 1. The third-order valence-electron chi connectivity index (χ3n) is 6.38. The van der Waals surface area contributed by atoms with Crippen LogP contribution >= 0.6 is 0 Å². The molecule has 170 valence electrons. The third kappa shape index (κ3) is 4.87. The molecule has 6 nitrogen and oxygen atoms in total. The fourth-order valence-corrected chi connectivity index (χ4v) is 4.66. The number of hydrogen-bond donors (Lipinski definition) is 0. The molecule has 0 saturated carbocycles. The van der Waals surface area contributed by atoms with Crippen molar-refractivity contribution in [1.82, 2.24) is 9.80 Å². The Bertz CT molecular complexity index is 785. The lowest BCUT2D eigenvalue weighted by molar-refractivity contribution is -0.155. The van der Waals surface area contributed by atoms with E-state index in [0.717, 1.165) is 31.4 Å². The predicted molar refractivity (Wildman–Crippen MR) is 105 cm³/mol. The van der Waals surface area contributed by atoms with Crippen molar-refractivity contribution >= 4 is 11.8 Å². The summed E-state index contributed by atoms with van der Waals surface area (Å²) in [4.78, 5) is 29.4. The predicted octanol–water partition coefficient (Wildman–Crippen LogP) is 3.31. The summed E-state index contributed by atoms with van der Waals surface area (Å²) in [6, 6.07) is 4.21. The van der Waals surface area contributed by atoms with Crippen molar-refractivity contribution in [2.75, 3.05) is 32.8 Å². The van der Waals surface area contributed by atoms with Crippen molar-refractivity contribution in [2.45, 2.75) is 50.6 Å². The number of likely N-dealkylation sites (tertiary alicyclic amines) is 2. The van der Waals surface area contributed by atoms with Crippen LogP contribution in [0.25, 0.3) is 0 Å². The number of alkyl halides is 3. The monoisotopic (exact) mass is 440 g/mol. The van der Waals surface area contributed by atoms with Crippen molar-refractivity contribution < 1.29 is 32.2 Å². The van der Waals surface area contributed by atoms with Gasteiger partial charge in [-0.15, -0.1) is 0 Å². The minimum atomic E-state index is -4.43. The smallest absolute Gasteiger partial charge is 0.348 e. The van der Waals surface area contributed by atoms with E-state index in [9.17, 15) is 22.8 Å². The van der Waals surface area contributed by atoms with Gasteiger partial charge in [-0.05, 0) is 56.4 Å². The Morgan fingerprint density at radius 1 is 0.903 bits per heavy atom. The van der Waals surface area contributed by atoms with Gasteiger partial charge in [0.05, 0.1) is 24.8 Å². The van der Waals surface area contributed by atoms with Gasteiger partial charge in [-0.25, -0.2) is 0 Å². The van der Waals surface area contributed by atoms with Gasteiger partial charge in [0.2, 0.25) is 5.91 Å². The third-order valence-corrected chi connectivity index (χ3v) is 6.38. The molecule has 3 heterocycles. The summed E-state index contributed by atoms with van der Waals surface area (Å²) in [6.45, 7) is 2.61. The average molecular weight is 440 g/mol. The van der Waals surface area contributed by atoms with Gasteiger partial charge in [-0.3, -0.25) is 9.59 Å².